The van der Waals surface area contributed by atoms with Gasteiger partial charge in [-0.05, 0) is 68.7 Å². The largest absolute Gasteiger partial charge is 0.490 e. The molecule has 4 N–H and O–H groups in total. The van der Waals surface area contributed by atoms with E-state index in [1.54, 1.807) is 53.6 Å². The van der Waals surface area contributed by atoms with Crippen molar-refractivity contribution in [3.63, 3.8) is 0 Å². The van der Waals surface area contributed by atoms with Crippen LogP contribution in [-0.4, -0.2) is 104 Å². The van der Waals surface area contributed by atoms with E-state index in [-0.39, 0.29) is 45.1 Å². The Balaban J connectivity index is 1.33. The number of para-hydroxylation sites is 2. The molecule has 0 saturated carbocycles. The Kier molecular flexibility index (Phi) is 11.4. The van der Waals surface area contributed by atoms with Crippen molar-refractivity contribution in [2.24, 2.45) is 0 Å². The fraction of sp³-hybridized carbons (Fsp3) is 0.436. The number of aliphatic hydroxyl groups excluding tert-OH is 1. The molecule has 4 aromatic rings. The lowest BCUT2D eigenvalue weighted by molar-refractivity contribution is -1.02. The van der Waals surface area contributed by atoms with E-state index in [4.69, 9.17) is 9.84 Å². The van der Waals surface area contributed by atoms with Crippen molar-refractivity contribution >= 4 is 11.8 Å². The van der Waals surface area contributed by atoms with Gasteiger partial charge < -0.3 is 25.6 Å². The van der Waals surface area contributed by atoms with Crippen molar-refractivity contribution in [2.75, 3.05) is 39.3 Å². The number of carbonyl (C=O) groups excluding carboxylic acids is 2. The van der Waals surface area contributed by atoms with E-state index in [0.717, 1.165) is 11.3 Å². The zero-order valence-corrected chi connectivity index (χ0v) is 30.4. The third kappa shape index (κ3) is 8.14. The second-order valence-corrected chi connectivity index (χ2v) is 14.5. The highest BCUT2D eigenvalue weighted by Gasteiger charge is 2.66. The lowest BCUT2D eigenvalue weighted by atomic mass is 9.85. The van der Waals surface area contributed by atoms with Gasteiger partial charge in [-0.3, -0.25) is 24.0 Å². The zero-order valence-electron chi connectivity index (χ0n) is 30.4. The minimum absolute atomic E-state index is 0.0682. The van der Waals surface area contributed by atoms with E-state index in [1.807, 2.05) is 66.5 Å². The lowest BCUT2D eigenvalue weighted by Gasteiger charge is -2.60. The van der Waals surface area contributed by atoms with Crippen LogP contribution in [0, 0.1) is 0 Å². The van der Waals surface area contributed by atoms with Crippen LogP contribution in [0.3, 0.4) is 0 Å². The molecule has 1 fully saturated rings. The van der Waals surface area contributed by atoms with E-state index < -0.39 is 46.5 Å². The highest BCUT2D eigenvalue weighted by Crippen LogP contribution is 2.48. The molecule has 0 radical (unpaired) electrons. The Morgan fingerprint density at radius 2 is 1.78 bits per heavy atom. The van der Waals surface area contributed by atoms with Gasteiger partial charge >= 0.3 is 12.1 Å². The molecule has 4 atom stereocenters. The standard InChI is InChI=1S/C39H46F3N7O5/c1-37(2,33-17-19-48(46-33)29-12-4-3-5-13-29)47-20-22-49(38(53,27-47)36(52)45-26-39(40,41)42,35-30-14-6-7-15-32(30)54-25-31(35)50)21-9-8-16-34(51)44-24-28-11-10-18-43-23-28/h3-7,10-15,17-19,23,31,35,50,53H,8-9,16,20-22,24-27H2,1-2H3,(H-,44,45,51,52)/p+1/t31-,35+,38+,49+/m1/s1. The molecule has 2 aromatic heterocycles. The summed E-state index contributed by atoms with van der Waals surface area (Å²) >= 11 is 0. The first-order chi connectivity index (χ1) is 25.7. The van der Waals surface area contributed by atoms with Gasteiger partial charge in [-0.2, -0.15) is 18.3 Å². The molecule has 0 unspecified atom stereocenters. The quantitative estimate of drug-likeness (QED) is 0.119. The number of β-amino-alcohol motifs (C(OH)–C–C–N with tert-alkyl or cyclic N) is 1. The highest BCUT2D eigenvalue weighted by atomic mass is 19.4. The molecule has 54 heavy (non-hydrogen) atoms. The van der Waals surface area contributed by atoms with Crippen LogP contribution in [0.4, 0.5) is 13.2 Å². The first-order valence-corrected chi connectivity index (χ1v) is 18.1. The third-order valence-electron chi connectivity index (χ3n) is 10.7. The number of quaternary nitrogens is 1. The Labute approximate surface area is 312 Å². The molecule has 1 saturated heterocycles. The summed E-state index contributed by atoms with van der Waals surface area (Å²) in [5.74, 6) is -0.964. The van der Waals surface area contributed by atoms with Gasteiger partial charge in [0.1, 0.15) is 25.0 Å². The molecule has 15 heteroatoms. The van der Waals surface area contributed by atoms with Gasteiger partial charge in [0.25, 0.3) is 5.72 Å². The van der Waals surface area contributed by atoms with Crippen LogP contribution < -0.4 is 15.4 Å². The number of nitrogens with zero attached hydrogens (tertiary/aromatic N) is 5. The minimum Gasteiger partial charge on any atom is -0.490 e. The lowest BCUT2D eigenvalue weighted by Crippen LogP contribution is -2.81. The van der Waals surface area contributed by atoms with Gasteiger partial charge in [0.15, 0.2) is 6.04 Å². The summed E-state index contributed by atoms with van der Waals surface area (Å²) in [7, 11) is 0. The number of unbranched alkanes of at least 4 members (excludes halogenated alkanes) is 1. The minimum atomic E-state index is -4.74. The Morgan fingerprint density at radius 1 is 1.02 bits per heavy atom. The zero-order chi connectivity index (χ0) is 38.6. The van der Waals surface area contributed by atoms with Crippen molar-refractivity contribution in [1.29, 1.82) is 0 Å². The number of nitrogens with one attached hydrogen (secondary N) is 2. The van der Waals surface area contributed by atoms with Crippen LogP contribution in [0.25, 0.3) is 5.69 Å². The summed E-state index contributed by atoms with van der Waals surface area (Å²) < 4.78 is 47.9. The fourth-order valence-electron chi connectivity index (χ4n) is 7.78. The summed E-state index contributed by atoms with van der Waals surface area (Å²) in [6.07, 6.45) is -0.0535. The summed E-state index contributed by atoms with van der Waals surface area (Å²) in [6.45, 7) is 2.33. The average Bonchev–Trinajstić information content (AvgIpc) is 3.68. The Bertz CT molecular complexity index is 1890. The molecule has 0 aliphatic carbocycles. The number of hydrogen-bond acceptors (Lipinski definition) is 8. The number of amides is 2. The molecule has 2 aromatic carbocycles. The number of aromatic nitrogens is 3. The van der Waals surface area contributed by atoms with Gasteiger partial charge in [0, 0.05) is 38.1 Å². The van der Waals surface area contributed by atoms with Crippen LogP contribution >= 0.6 is 0 Å². The molecule has 2 amide bonds. The number of pyridine rings is 1. The van der Waals surface area contributed by atoms with Crippen LogP contribution in [0.1, 0.15) is 56.0 Å². The molecular formula is C39H47F3N7O5+. The maximum atomic E-state index is 14.3. The topological polar surface area (TPSA) is 142 Å². The van der Waals surface area contributed by atoms with E-state index >= 15 is 0 Å². The summed E-state index contributed by atoms with van der Waals surface area (Å²) in [5, 5.41) is 34.4. The Hall–Kier alpha value is -4.83. The van der Waals surface area contributed by atoms with Crippen molar-refractivity contribution in [3.8, 4) is 11.4 Å². The molecule has 2 aliphatic rings. The van der Waals surface area contributed by atoms with Gasteiger partial charge in [-0.25, -0.2) is 4.68 Å². The normalized spacial score (nSPS) is 23.2. The van der Waals surface area contributed by atoms with Crippen molar-refractivity contribution in [3.05, 3.63) is 108 Å². The second-order valence-electron chi connectivity index (χ2n) is 14.5. The van der Waals surface area contributed by atoms with E-state index in [1.165, 1.54) is 0 Å². The SMILES string of the molecule is CC(C)(c1ccn(-c2ccccc2)n1)N1CC[N@@+](CCCCC(=O)NCc2cccnc2)([C@H]2c3ccccc3OC[C@H]2O)[C@@](O)(C(=O)NCC(F)(F)F)C1. The molecule has 0 bridgehead atoms. The molecule has 0 spiro atoms. The number of benzene rings is 2. The number of ether oxygens (including phenoxy) is 1. The van der Waals surface area contributed by atoms with E-state index in [0.29, 0.717) is 36.4 Å². The highest BCUT2D eigenvalue weighted by molar-refractivity contribution is 5.84. The monoisotopic (exact) mass is 750 g/mol. The van der Waals surface area contributed by atoms with Gasteiger partial charge in [0.05, 0.1) is 42.1 Å². The number of piperazine rings is 1. The number of rotatable bonds is 13. The number of carbonyl (C=O) groups is 2. The number of aliphatic hydroxyl groups is 2. The molecule has 12 nitrogen and oxygen atoms in total. The fourth-order valence-corrected chi connectivity index (χ4v) is 7.78. The maximum Gasteiger partial charge on any atom is 0.405 e. The van der Waals surface area contributed by atoms with Crippen LogP contribution in [0.15, 0.2) is 91.4 Å². The van der Waals surface area contributed by atoms with Gasteiger partial charge in [-0.1, -0.05) is 36.4 Å². The van der Waals surface area contributed by atoms with Crippen molar-refractivity contribution in [1.82, 2.24) is 30.3 Å². The third-order valence-corrected chi connectivity index (χ3v) is 10.7. The first-order valence-electron chi connectivity index (χ1n) is 18.1. The molecule has 4 heterocycles. The second kappa shape index (κ2) is 15.9. The average molecular weight is 751 g/mol. The van der Waals surface area contributed by atoms with Crippen LogP contribution in [0.2, 0.25) is 0 Å². The smallest absolute Gasteiger partial charge is 0.405 e. The number of hydrogen-bond donors (Lipinski definition) is 4. The predicted octanol–water partition coefficient (Wildman–Crippen LogP) is 3.98. The summed E-state index contributed by atoms with van der Waals surface area (Å²) in [4.78, 5) is 33.0. The maximum absolute atomic E-state index is 14.3. The number of halogens is 3. The molecule has 288 valence electrons. The molecule has 6 rings (SSSR count). The summed E-state index contributed by atoms with van der Waals surface area (Å²) in [6, 6.07) is 21.0. The molecular weight excluding hydrogens is 703 g/mol. The van der Waals surface area contributed by atoms with Gasteiger partial charge in [0.2, 0.25) is 5.91 Å². The predicted molar refractivity (Wildman–Crippen MR) is 193 cm³/mol. The van der Waals surface area contributed by atoms with Crippen molar-refractivity contribution in [2.45, 2.75) is 69.2 Å². The first kappa shape index (κ1) is 38.9. The van der Waals surface area contributed by atoms with Crippen LogP contribution in [-0.2, 0) is 21.7 Å². The van der Waals surface area contributed by atoms with Crippen LogP contribution in [0.5, 0.6) is 5.75 Å². The van der Waals surface area contributed by atoms with Gasteiger partial charge in [-0.15, -0.1) is 0 Å². The molecule has 2 aliphatic heterocycles. The summed E-state index contributed by atoms with van der Waals surface area (Å²) in [5.41, 5.74) is -0.575. The van der Waals surface area contributed by atoms with E-state index in [9.17, 15) is 33.0 Å². The number of alkyl halides is 3. The van der Waals surface area contributed by atoms with E-state index in [2.05, 4.69) is 10.3 Å². The number of fused-ring (bicyclic) bond motifs is 1. The van der Waals surface area contributed by atoms with Crippen molar-refractivity contribution < 1.29 is 42.2 Å². The Morgan fingerprint density at radius 3 is 2.52 bits per heavy atom.